The van der Waals surface area contributed by atoms with Gasteiger partial charge in [-0.15, -0.1) is 0 Å². The van der Waals surface area contributed by atoms with Crippen molar-refractivity contribution in [2.24, 2.45) is 11.3 Å². The minimum atomic E-state index is -3.72. The zero-order chi connectivity index (χ0) is 24.5. The second-order valence-corrected chi connectivity index (χ2v) is 11.7. The Bertz CT molecular complexity index is 1190. The smallest absolute Gasteiger partial charge is 0.412 e. The third kappa shape index (κ3) is 4.07. The molecule has 34 heavy (non-hydrogen) atoms. The molecule has 0 aromatic carbocycles. The van der Waals surface area contributed by atoms with Gasteiger partial charge in [-0.1, -0.05) is 11.6 Å². The van der Waals surface area contributed by atoms with Gasteiger partial charge in [0.05, 0.1) is 37.4 Å². The van der Waals surface area contributed by atoms with Crippen LogP contribution in [0.4, 0.5) is 0 Å². The highest BCUT2D eigenvalue weighted by atomic mass is 35.5. The first-order valence-corrected chi connectivity index (χ1v) is 13.4. The molecule has 2 aliphatic carbocycles. The van der Waals surface area contributed by atoms with Crippen LogP contribution in [-0.2, 0) is 27.6 Å². The molecule has 3 fully saturated rings. The maximum atomic E-state index is 12.9. The molecule has 0 radical (unpaired) electrons. The van der Waals surface area contributed by atoms with E-state index in [-0.39, 0.29) is 52.7 Å². The van der Waals surface area contributed by atoms with Gasteiger partial charge in [0.15, 0.2) is 16.6 Å². The second-order valence-electron chi connectivity index (χ2n) is 9.47. The summed E-state index contributed by atoms with van der Waals surface area (Å²) >= 11 is 12.3. The predicted molar refractivity (Wildman–Crippen MR) is 124 cm³/mol. The van der Waals surface area contributed by atoms with Crippen LogP contribution >= 0.6 is 31.0 Å². The Hall–Kier alpha value is -1.26. The fourth-order valence-corrected chi connectivity index (χ4v) is 6.85. The lowest BCUT2D eigenvalue weighted by Gasteiger charge is -2.24. The third-order valence-corrected chi connectivity index (χ3v) is 8.45. The molecule has 1 unspecified atom stereocenters. The zero-order valence-electron chi connectivity index (χ0n) is 19.5. The van der Waals surface area contributed by atoms with Crippen molar-refractivity contribution < 1.29 is 27.6 Å². The predicted octanol–water partition coefficient (Wildman–Crippen LogP) is 5.31. The largest absolute Gasteiger partial charge is 0.529 e. The van der Waals surface area contributed by atoms with Gasteiger partial charge < -0.3 is 18.6 Å². The Morgan fingerprint density at radius 1 is 1.32 bits per heavy atom. The minimum absolute atomic E-state index is 0.0462. The molecule has 13 heteroatoms. The molecule has 6 atom stereocenters. The molecular formula is C21H27Cl2N4O6P. The number of rotatable bonds is 8. The first-order valence-electron chi connectivity index (χ1n) is 11.2. The van der Waals surface area contributed by atoms with Gasteiger partial charge in [-0.05, 0) is 64.6 Å². The fraction of sp³-hybridized carbons (Fsp3) is 0.667. The summed E-state index contributed by atoms with van der Waals surface area (Å²) in [4.78, 5) is 12.8. The summed E-state index contributed by atoms with van der Waals surface area (Å²) in [6.45, 7) is 9.23. The van der Waals surface area contributed by atoms with Gasteiger partial charge >= 0.3 is 7.82 Å². The van der Waals surface area contributed by atoms with E-state index in [0.717, 1.165) is 6.42 Å². The second kappa shape index (κ2) is 8.40. The molecule has 2 saturated carbocycles. The summed E-state index contributed by atoms with van der Waals surface area (Å²) in [6, 6.07) is -0.130. The Morgan fingerprint density at radius 2 is 2.09 bits per heavy atom. The van der Waals surface area contributed by atoms with Crippen LogP contribution in [0, 0.1) is 11.3 Å². The van der Waals surface area contributed by atoms with Crippen LogP contribution in [0.5, 0.6) is 0 Å². The third-order valence-electron chi connectivity index (χ3n) is 6.38. The lowest BCUT2D eigenvalue weighted by Crippen LogP contribution is -2.31. The number of aromatic nitrogens is 4. The van der Waals surface area contributed by atoms with Crippen LogP contribution in [0.2, 0.25) is 10.4 Å². The zero-order valence-corrected chi connectivity index (χ0v) is 21.9. The standard InChI is InChI=1S/C21H27Cl2N4O6P/c1-6-29-34(28,33-11(2)3)30-8-7-21-9-12(21)14(15-16(21)32-20(4,5)31-15)27-10-24-13-17(22)25-19(23)26-18(13)27/h7-8,10-12,14-16H,6,9H2,1-5H3/t12-,14-,15+,16+,21+,34?/m1/s1. The van der Waals surface area contributed by atoms with Crippen molar-refractivity contribution in [2.45, 2.75) is 71.2 Å². The van der Waals surface area contributed by atoms with E-state index < -0.39 is 13.6 Å². The van der Waals surface area contributed by atoms with Crippen molar-refractivity contribution >= 4 is 42.2 Å². The summed E-state index contributed by atoms with van der Waals surface area (Å²) in [5.74, 6) is -0.633. The van der Waals surface area contributed by atoms with E-state index in [1.165, 1.54) is 6.26 Å². The highest BCUT2D eigenvalue weighted by molar-refractivity contribution is 7.48. The van der Waals surface area contributed by atoms with Crippen molar-refractivity contribution in [3.05, 3.63) is 29.1 Å². The number of hydrogen-bond donors (Lipinski definition) is 0. The molecule has 10 nitrogen and oxygen atoms in total. The summed E-state index contributed by atoms with van der Waals surface area (Å²) in [7, 11) is -3.72. The number of phosphoric ester groups is 1. The molecule has 1 saturated heterocycles. The first kappa shape index (κ1) is 24.4. The van der Waals surface area contributed by atoms with Crippen molar-refractivity contribution in [1.29, 1.82) is 0 Å². The molecule has 0 amide bonds. The van der Waals surface area contributed by atoms with Crippen LogP contribution < -0.4 is 0 Å². The molecule has 0 spiro atoms. The number of phosphoric acid groups is 1. The van der Waals surface area contributed by atoms with Crippen LogP contribution in [0.25, 0.3) is 11.2 Å². The molecule has 0 bridgehead atoms. The molecule has 2 aromatic heterocycles. The van der Waals surface area contributed by atoms with Gasteiger partial charge in [-0.2, -0.15) is 4.98 Å². The SMILES string of the molecule is CCOP(=O)(OC=C[C@]12C[C@@H]1[C@@H](n1cnc3c(Cl)nc(Cl)nc31)[C@@H]1OC(C)(C)O[C@@H]12)OC(C)C. The molecule has 0 N–H and O–H groups in total. The van der Waals surface area contributed by atoms with Crippen molar-refractivity contribution in [1.82, 2.24) is 19.5 Å². The van der Waals surface area contributed by atoms with Crippen molar-refractivity contribution in [3.8, 4) is 0 Å². The Labute approximate surface area is 207 Å². The van der Waals surface area contributed by atoms with Gasteiger partial charge in [0.25, 0.3) is 0 Å². The Balaban J connectivity index is 1.47. The highest BCUT2D eigenvalue weighted by Crippen LogP contribution is 2.72. The maximum absolute atomic E-state index is 12.9. The van der Waals surface area contributed by atoms with E-state index >= 15 is 0 Å². The Morgan fingerprint density at radius 3 is 2.79 bits per heavy atom. The normalized spacial score (nSPS) is 33.4. The van der Waals surface area contributed by atoms with E-state index in [1.807, 2.05) is 24.5 Å². The number of hydrogen-bond acceptors (Lipinski definition) is 9. The van der Waals surface area contributed by atoms with E-state index in [9.17, 15) is 4.57 Å². The minimum Gasteiger partial charge on any atom is -0.412 e. The number of imidazole rings is 1. The van der Waals surface area contributed by atoms with E-state index in [2.05, 4.69) is 15.0 Å². The van der Waals surface area contributed by atoms with Gasteiger partial charge in [0, 0.05) is 5.41 Å². The lowest BCUT2D eigenvalue weighted by molar-refractivity contribution is -0.159. The topological polar surface area (TPSA) is 107 Å². The lowest BCUT2D eigenvalue weighted by atomic mass is 9.99. The van der Waals surface area contributed by atoms with Crippen molar-refractivity contribution in [3.63, 3.8) is 0 Å². The van der Waals surface area contributed by atoms with Crippen LogP contribution in [-0.4, -0.2) is 50.2 Å². The summed E-state index contributed by atoms with van der Waals surface area (Å²) in [6.07, 6.45) is 4.97. The number of halogens is 2. The molecular weight excluding hydrogens is 506 g/mol. The van der Waals surface area contributed by atoms with E-state index in [1.54, 1.807) is 27.1 Å². The summed E-state index contributed by atoms with van der Waals surface area (Å²) in [5.41, 5.74) is 0.632. The Kier molecular flexibility index (Phi) is 6.04. The van der Waals surface area contributed by atoms with Crippen LogP contribution in [0.1, 0.15) is 47.1 Å². The molecule has 1 aliphatic heterocycles. The van der Waals surface area contributed by atoms with Crippen LogP contribution in [0.15, 0.2) is 18.7 Å². The molecule has 5 rings (SSSR count). The number of nitrogens with zero attached hydrogens (tertiary/aromatic N) is 4. The maximum Gasteiger partial charge on any atom is 0.529 e. The van der Waals surface area contributed by atoms with Gasteiger partial charge in [-0.25, -0.2) is 14.5 Å². The molecule has 186 valence electrons. The number of ether oxygens (including phenoxy) is 2. The van der Waals surface area contributed by atoms with Gasteiger partial charge in [0.1, 0.15) is 11.6 Å². The molecule has 3 heterocycles. The highest BCUT2D eigenvalue weighted by Gasteiger charge is 2.75. The van der Waals surface area contributed by atoms with Gasteiger partial charge in [-0.3, -0.25) is 9.05 Å². The average Bonchev–Trinajstić information content (AvgIpc) is 2.97. The fourth-order valence-electron chi connectivity index (χ4n) is 5.22. The van der Waals surface area contributed by atoms with E-state index in [0.29, 0.717) is 11.2 Å². The van der Waals surface area contributed by atoms with E-state index in [4.69, 9.17) is 46.2 Å². The summed E-state index contributed by atoms with van der Waals surface area (Å²) in [5, 5.41) is 0.240. The van der Waals surface area contributed by atoms with Gasteiger partial charge in [0.2, 0.25) is 5.28 Å². The summed E-state index contributed by atoms with van der Waals surface area (Å²) < 4.78 is 43.7. The quantitative estimate of drug-likeness (QED) is 0.193. The molecule has 3 aliphatic rings. The van der Waals surface area contributed by atoms with Crippen molar-refractivity contribution in [2.75, 3.05) is 6.61 Å². The first-order chi connectivity index (χ1) is 16.0. The molecule has 2 aromatic rings. The van der Waals surface area contributed by atoms with Crippen LogP contribution in [0.3, 0.4) is 0 Å². The average molecular weight is 533 g/mol. The monoisotopic (exact) mass is 532 g/mol. The number of fused-ring (bicyclic) bond motifs is 4.